The molecule has 51 heavy (non-hydrogen) atoms. The Morgan fingerprint density at radius 3 is 1.71 bits per heavy atom. The normalized spacial score (nSPS) is 12.4. The maximum absolute atomic E-state index is 11.8. The number of phenols is 2. The molecule has 2 aromatic heterocycles. The highest BCUT2D eigenvalue weighted by Gasteiger charge is 2.20. The van der Waals surface area contributed by atoms with Crippen LogP contribution in [0.1, 0.15) is 22.3 Å². The second-order valence-corrected chi connectivity index (χ2v) is 12.3. The fourth-order valence-corrected chi connectivity index (χ4v) is 5.77. The molecule has 5 aromatic carbocycles. The fourth-order valence-electron chi connectivity index (χ4n) is 5.77. The van der Waals surface area contributed by atoms with Crippen molar-refractivity contribution >= 4 is 45.4 Å². The molecule has 8 rings (SSSR count). The SMILES string of the molecule is Cc1cc(CN(C)c2ccc(C=C3C(=O)C=CC3=O)cc2)c(O)c(-n2nc3ccccc3n2)c1.Cc1ccc(O)c(-n2nc3ccccc3n2)c1. The zero-order valence-corrected chi connectivity index (χ0v) is 28.1. The minimum absolute atomic E-state index is 0.130. The molecule has 2 heterocycles. The van der Waals surface area contributed by atoms with E-state index < -0.39 is 0 Å². The molecule has 2 N–H and O–H groups in total. The van der Waals surface area contributed by atoms with Crippen LogP contribution < -0.4 is 4.90 Å². The molecule has 252 valence electrons. The molecular formula is C40H33N7O4. The molecule has 0 atom stereocenters. The molecule has 11 nitrogen and oxygen atoms in total. The Bertz CT molecular complexity index is 2420. The summed E-state index contributed by atoms with van der Waals surface area (Å²) in [6.07, 6.45) is 4.19. The summed E-state index contributed by atoms with van der Waals surface area (Å²) in [7, 11) is 1.93. The summed E-state index contributed by atoms with van der Waals surface area (Å²) >= 11 is 0. The number of allylic oxidation sites excluding steroid dienone is 3. The Hall–Kier alpha value is -6.88. The maximum atomic E-state index is 11.8. The van der Waals surface area contributed by atoms with E-state index >= 15 is 0 Å². The number of aromatic nitrogens is 6. The molecule has 1 aliphatic rings. The summed E-state index contributed by atoms with van der Waals surface area (Å²) in [5.41, 5.74) is 8.94. The average molecular weight is 676 g/mol. The number of nitrogens with zero attached hydrogens (tertiary/aromatic N) is 7. The summed E-state index contributed by atoms with van der Waals surface area (Å²) in [6, 6.07) is 31.9. The lowest BCUT2D eigenvalue weighted by Crippen LogP contribution is -2.17. The molecule has 1 aliphatic carbocycles. The van der Waals surface area contributed by atoms with Gasteiger partial charge in [0.25, 0.3) is 0 Å². The Balaban J connectivity index is 0.000000199. The van der Waals surface area contributed by atoms with Gasteiger partial charge >= 0.3 is 0 Å². The zero-order valence-electron chi connectivity index (χ0n) is 28.1. The first kappa shape index (κ1) is 32.7. The first-order valence-electron chi connectivity index (χ1n) is 16.2. The first-order chi connectivity index (χ1) is 24.6. The number of carbonyl (C=O) groups excluding carboxylic acids is 2. The van der Waals surface area contributed by atoms with Crippen LogP contribution >= 0.6 is 0 Å². The van der Waals surface area contributed by atoms with E-state index in [9.17, 15) is 19.8 Å². The molecule has 11 heteroatoms. The minimum atomic E-state index is -0.267. The lowest BCUT2D eigenvalue weighted by molar-refractivity contribution is -0.115. The molecule has 7 aromatic rings. The summed E-state index contributed by atoms with van der Waals surface area (Å²) < 4.78 is 0. The molecule has 0 unspecified atom stereocenters. The lowest BCUT2D eigenvalue weighted by atomic mass is 10.1. The van der Waals surface area contributed by atoms with E-state index in [1.54, 1.807) is 12.1 Å². The van der Waals surface area contributed by atoms with Gasteiger partial charge in [-0.1, -0.05) is 48.5 Å². The number of hydrogen-bond donors (Lipinski definition) is 2. The predicted octanol–water partition coefficient (Wildman–Crippen LogP) is 6.60. The number of aryl methyl sites for hydroxylation is 2. The topological polar surface area (TPSA) is 139 Å². The average Bonchev–Trinajstić information content (AvgIpc) is 3.85. The van der Waals surface area contributed by atoms with E-state index in [1.807, 2.05) is 123 Å². The Labute approximate surface area is 293 Å². The van der Waals surface area contributed by atoms with Crippen LogP contribution in [0.25, 0.3) is 39.5 Å². The fraction of sp³-hybridized carbons (Fsp3) is 0.100. The number of hydrogen-bond acceptors (Lipinski definition) is 9. The van der Waals surface area contributed by atoms with E-state index in [0.717, 1.165) is 50.0 Å². The van der Waals surface area contributed by atoms with Crippen LogP contribution in [0.4, 0.5) is 5.69 Å². The molecular weight excluding hydrogens is 642 g/mol. The Morgan fingerprint density at radius 1 is 0.647 bits per heavy atom. The van der Waals surface area contributed by atoms with Gasteiger partial charge in [0.1, 0.15) is 44.9 Å². The van der Waals surface area contributed by atoms with Gasteiger partial charge < -0.3 is 15.1 Å². The van der Waals surface area contributed by atoms with Gasteiger partial charge in [-0.25, -0.2) is 0 Å². The van der Waals surface area contributed by atoms with Gasteiger partial charge in [0.2, 0.25) is 0 Å². The monoisotopic (exact) mass is 675 g/mol. The van der Waals surface area contributed by atoms with E-state index in [4.69, 9.17) is 0 Å². The maximum Gasteiger partial charge on any atom is 0.189 e. The van der Waals surface area contributed by atoms with E-state index in [0.29, 0.717) is 17.9 Å². The Morgan fingerprint density at radius 2 is 1.16 bits per heavy atom. The number of phenolic OH excluding ortho intramolecular Hbond substituents is 2. The summed E-state index contributed by atoms with van der Waals surface area (Å²) in [5.74, 6) is -0.228. The minimum Gasteiger partial charge on any atom is -0.506 e. The van der Waals surface area contributed by atoms with Crippen molar-refractivity contribution in [2.75, 3.05) is 11.9 Å². The number of anilines is 1. The molecule has 0 fully saturated rings. The molecule has 0 radical (unpaired) electrons. The van der Waals surface area contributed by atoms with Crippen LogP contribution in [0.5, 0.6) is 11.5 Å². The van der Waals surface area contributed by atoms with Crippen LogP contribution in [0.3, 0.4) is 0 Å². The third kappa shape index (κ3) is 6.86. The van der Waals surface area contributed by atoms with Crippen molar-refractivity contribution in [3.63, 3.8) is 0 Å². The van der Waals surface area contributed by atoms with E-state index in [2.05, 4.69) is 20.4 Å². The summed E-state index contributed by atoms with van der Waals surface area (Å²) in [4.78, 5) is 28.5. The largest absolute Gasteiger partial charge is 0.506 e. The third-order valence-electron chi connectivity index (χ3n) is 8.42. The standard InChI is InChI=1S/C27H22N4O3.C13H11N3O/c1-17-13-19(27(34)24(14-17)31-28-22-5-3-4-6-23(22)29-31)16-30(2)20-9-7-18(8-10-20)15-21-25(32)11-12-26(21)33;1-9-6-7-13(17)12(8-9)16-14-10-4-2-3-5-11(10)15-16/h3-15,34H,16H2,1-2H3;2-8,17H,1H3. The molecule has 0 aliphatic heterocycles. The number of aromatic hydroxyl groups is 2. The van der Waals surface area contributed by atoms with Gasteiger partial charge in [0, 0.05) is 24.8 Å². The number of ketones is 2. The van der Waals surface area contributed by atoms with Crippen molar-refractivity contribution in [1.82, 2.24) is 30.0 Å². The van der Waals surface area contributed by atoms with Crippen molar-refractivity contribution in [3.05, 3.63) is 143 Å². The van der Waals surface area contributed by atoms with Crippen LogP contribution in [-0.4, -0.2) is 58.8 Å². The second-order valence-electron chi connectivity index (χ2n) is 12.3. The third-order valence-corrected chi connectivity index (χ3v) is 8.42. The van der Waals surface area contributed by atoms with Gasteiger partial charge in [-0.15, -0.1) is 30.0 Å². The van der Waals surface area contributed by atoms with Crippen LogP contribution in [0.2, 0.25) is 0 Å². The zero-order chi connectivity index (χ0) is 35.6. The van der Waals surface area contributed by atoms with Gasteiger partial charge in [0.05, 0.1) is 5.57 Å². The van der Waals surface area contributed by atoms with Crippen LogP contribution in [-0.2, 0) is 16.1 Å². The van der Waals surface area contributed by atoms with Crippen LogP contribution in [0, 0.1) is 13.8 Å². The predicted molar refractivity (Wildman–Crippen MR) is 196 cm³/mol. The van der Waals surface area contributed by atoms with Gasteiger partial charge in [-0.2, -0.15) is 0 Å². The van der Waals surface area contributed by atoms with Gasteiger partial charge in [-0.05, 0) is 103 Å². The van der Waals surface area contributed by atoms with E-state index in [-0.39, 0.29) is 28.6 Å². The van der Waals surface area contributed by atoms with Gasteiger partial charge in [-0.3, -0.25) is 9.59 Å². The van der Waals surface area contributed by atoms with Gasteiger partial charge in [0.15, 0.2) is 11.6 Å². The van der Waals surface area contributed by atoms with Crippen molar-refractivity contribution in [3.8, 4) is 22.9 Å². The number of carbonyl (C=O) groups is 2. The highest BCUT2D eigenvalue weighted by atomic mass is 16.3. The van der Waals surface area contributed by atoms with Crippen molar-refractivity contribution in [1.29, 1.82) is 0 Å². The molecule has 0 spiro atoms. The van der Waals surface area contributed by atoms with Crippen LogP contribution in [0.15, 0.2) is 121 Å². The quantitative estimate of drug-likeness (QED) is 0.148. The molecule has 0 amide bonds. The van der Waals surface area contributed by atoms with Crippen molar-refractivity contribution < 1.29 is 19.8 Å². The number of benzene rings is 5. The van der Waals surface area contributed by atoms with Crippen molar-refractivity contribution in [2.24, 2.45) is 0 Å². The number of rotatable bonds is 6. The molecule has 0 saturated heterocycles. The highest BCUT2D eigenvalue weighted by Crippen LogP contribution is 2.30. The molecule has 0 saturated carbocycles. The smallest absolute Gasteiger partial charge is 0.189 e. The van der Waals surface area contributed by atoms with Crippen molar-refractivity contribution in [2.45, 2.75) is 20.4 Å². The Kier molecular flexibility index (Phi) is 8.68. The first-order valence-corrected chi connectivity index (χ1v) is 16.2. The highest BCUT2D eigenvalue weighted by molar-refractivity contribution is 6.35. The van der Waals surface area contributed by atoms with E-state index in [1.165, 1.54) is 21.7 Å². The number of fused-ring (bicyclic) bond motifs is 2. The lowest BCUT2D eigenvalue weighted by Gasteiger charge is -2.21. The summed E-state index contributed by atoms with van der Waals surface area (Å²) in [5, 5.41) is 38.5. The summed E-state index contributed by atoms with van der Waals surface area (Å²) in [6.45, 7) is 4.40. The molecule has 0 bridgehead atoms. The second kappa shape index (κ2) is 13.6.